The van der Waals surface area contributed by atoms with Crippen LogP contribution < -0.4 is 5.32 Å². The largest absolute Gasteiger partial charge is 0.352 e. The minimum atomic E-state index is -0.766. The molecule has 2 aromatic carbocycles. The molecule has 0 atom stereocenters. The first-order valence-corrected chi connectivity index (χ1v) is 7.30. The number of hydrogen-bond donors (Lipinski definition) is 2. The molecule has 0 saturated carbocycles. The maximum atomic E-state index is 13.1. The number of halogens is 2. The minimum absolute atomic E-state index is 0.0220. The molecule has 0 fully saturated rings. The highest BCUT2D eigenvalue weighted by atomic mass is 19.1. The normalized spacial score (nSPS) is 10.9. The lowest BCUT2D eigenvalue weighted by molar-refractivity contribution is 0.0952. The number of nitrogens with zero attached hydrogens (tertiary/aromatic N) is 1. The number of H-pyrrole nitrogens is 1. The van der Waals surface area contributed by atoms with Gasteiger partial charge in [-0.3, -0.25) is 4.79 Å². The third kappa shape index (κ3) is 3.71. The smallest absolute Gasteiger partial charge is 0.251 e. The van der Waals surface area contributed by atoms with Crippen molar-refractivity contribution in [2.45, 2.75) is 12.8 Å². The van der Waals surface area contributed by atoms with Crippen LogP contribution in [0.3, 0.4) is 0 Å². The van der Waals surface area contributed by atoms with Gasteiger partial charge in [0, 0.05) is 24.6 Å². The van der Waals surface area contributed by atoms with Gasteiger partial charge in [-0.05, 0) is 30.7 Å². The Balaban J connectivity index is 1.52. The Kier molecular flexibility index (Phi) is 4.32. The van der Waals surface area contributed by atoms with Crippen molar-refractivity contribution in [3.05, 3.63) is 65.5 Å². The number of rotatable bonds is 5. The number of aryl methyl sites for hydroxylation is 1. The van der Waals surface area contributed by atoms with Crippen molar-refractivity contribution in [2.24, 2.45) is 0 Å². The van der Waals surface area contributed by atoms with Crippen molar-refractivity contribution in [2.75, 3.05) is 6.54 Å². The molecule has 3 rings (SSSR count). The molecule has 1 amide bonds. The van der Waals surface area contributed by atoms with Crippen LogP contribution in [0.1, 0.15) is 22.6 Å². The van der Waals surface area contributed by atoms with E-state index in [0.717, 1.165) is 35.1 Å². The van der Waals surface area contributed by atoms with Crippen LogP contribution in [0.5, 0.6) is 0 Å². The summed E-state index contributed by atoms with van der Waals surface area (Å²) in [4.78, 5) is 19.5. The number of imidazole rings is 1. The lowest BCUT2D eigenvalue weighted by Crippen LogP contribution is -2.25. The summed E-state index contributed by atoms with van der Waals surface area (Å²) in [5.74, 6) is -1.18. The second-order valence-electron chi connectivity index (χ2n) is 5.22. The number of carbonyl (C=O) groups is 1. The van der Waals surface area contributed by atoms with Gasteiger partial charge < -0.3 is 10.3 Å². The molecule has 0 radical (unpaired) electrons. The molecule has 4 nitrogen and oxygen atoms in total. The summed E-state index contributed by atoms with van der Waals surface area (Å²) < 4.78 is 26.1. The molecule has 0 aliphatic rings. The molecule has 3 aromatic rings. The van der Waals surface area contributed by atoms with Gasteiger partial charge in [0.05, 0.1) is 11.0 Å². The van der Waals surface area contributed by atoms with Gasteiger partial charge in [0.2, 0.25) is 0 Å². The molecule has 0 aliphatic carbocycles. The Morgan fingerprint density at radius 3 is 2.61 bits per heavy atom. The highest BCUT2D eigenvalue weighted by Crippen LogP contribution is 2.11. The van der Waals surface area contributed by atoms with Crippen molar-refractivity contribution in [1.29, 1.82) is 0 Å². The van der Waals surface area contributed by atoms with Crippen LogP contribution in [-0.2, 0) is 6.42 Å². The molecule has 23 heavy (non-hydrogen) atoms. The van der Waals surface area contributed by atoms with Crippen molar-refractivity contribution >= 4 is 16.9 Å². The average Bonchev–Trinajstić information content (AvgIpc) is 2.93. The number of para-hydroxylation sites is 2. The van der Waals surface area contributed by atoms with Crippen LogP contribution in [0.25, 0.3) is 11.0 Å². The first-order valence-electron chi connectivity index (χ1n) is 7.30. The van der Waals surface area contributed by atoms with Crippen LogP contribution in [0.2, 0.25) is 0 Å². The summed E-state index contributed by atoms with van der Waals surface area (Å²) in [7, 11) is 0. The summed E-state index contributed by atoms with van der Waals surface area (Å²) >= 11 is 0. The quantitative estimate of drug-likeness (QED) is 0.710. The maximum Gasteiger partial charge on any atom is 0.251 e. The van der Waals surface area contributed by atoms with E-state index in [1.165, 1.54) is 0 Å². The summed E-state index contributed by atoms with van der Waals surface area (Å²) in [6, 6.07) is 10.5. The maximum absolute atomic E-state index is 13.1. The van der Waals surface area contributed by atoms with Crippen LogP contribution >= 0.6 is 0 Å². The highest BCUT2D eigenvalue weighted by molar-refractivity contribution is 5.94. The molecule has 118 valence electrons. The zero-order valence-electron chi connectivity index (χ0n) is 12.3. The molecule has 0 saturated heterocycles. The van der Waals surface area contributed by atoms with E-state index in [4.69, 9.17) is 0 Å². The van der Waals surface area contributed by atoms with E-state index < -0.39 is 17.5 Å². The van der Waals surface area contributed by atoms with Gasteiger partial charge in [0.25, 0.3) is 5.91 Å². The molecular weight excluding hydrogens is 300 g/mol. The van der Waals surface area contributed by atoms with Crippen LogP contribution in [0.15, 0.2) is 42.5 Å². The molecule has 0 bridgehead atoms. The van der Waals surface area contributed by atoms with Gasteiger partial charge in [-0.25, -0.2) is 13.8 Å². The Morgan fingerprint density at radius 1 is 1.13 bits per heavy atom. The van der Waals surface area contributed by atoms with E-state index in [2.05, 4.69) is 15.3 Å². The lowest BCUT2D eigenvalue weighted by Gasteiger charge is -2.05. The van der Waals surface area contributed by atoms with Gasteiger partial charge in [-0.2, -0.15) is 0 Å². The van der Waals surface area contributed by atoms with Crippen LogP contribution in [0.4, 0.5) is 8.78 Å². The molecule has 6 heteroatoms. The number of benzene rings is 2. The molecular formula is C17H15F2N3O. The summed E-state index contributed by atoms with van der Waals surface area (Å²) in [6.45, 7) is 0.397. The zero-order chi connectivity index (χ0) is 16.2. The van der Waals surface area contributed by atoms with E-state index in [0.29, 0.717) is 19.4 Å². The van der Waals surface area contributed by atoms with E-state index in [9.17, 15) is 13.6 Å². The Bertz CT molecular complexity index is 791. The third-order valence-electron chi connectivity index (χ3n) is 3.44. The van der Waals surface area contributed by atoms with Crippen LogP contribution in [-0.4, -0.2) is 22.4 Å². The molecule has 1 aromatic heterocycles. The van der Waals surface area contributed by atoms with E-state index in [1.807, 2.05) is 24.3 Å². The average molecular weight is 315 g/mol. The lowest BCUT2D eigenvalue weighted by atomic mass is 10.2. The Morgan fingerprint density at radius 2 is 1.87 bits per heavy atom. The number of fused-ring (bicyclic) bond motifs is 1. The van der Waals surface area contributed by atoms with Crippen LogP contribution in [0, 0.1) is 11.6 Å². The van der Waals surface area contributed by atoms with Crippen molar-refractivity contribution in [3.8, 4) is 0 Å². The fourth-order valence-electron chi connectivity index (χ4n) is 2.37. The second-order valence-corrected chi connectivity index (χ2v) is 5.22. The fraction of sp³-hybridized carbons (Fsp3) is 0.176. The third-order valence-corrected chi connectivity index (χ3v) is 3.44. The van der Waals surface area contributed by atoms with Gasteiger partial charge in [-0.1, -0.05) is 12.1 Å². The number of amides is 1. The molecule has 2 N–H and O–H groups in total. The summed E-state index contributed by atoms with van der Waals surface area (Å²) in [5, 5.41) is 2.64. The van der Waals surface area contributed by atoms with E-state index in [1.54, 1.807) is 0 Å². The molecule has 0 unspecified atom stereocenters. The molecule has 0 spiro atoms. The molecule has 1 heterocycles. The fourth-order valence-corrected chi connectivity index (χ4v) is 2.37. The first kappa shape index (κ1) is 15.1. The van der Waals surface area contributed by atoms with Crippen molar-refractivity contribution in [1.82, 2.24) is 15.3 Å². The second kappa shape index (κ2) is 6.56. The number of aromatic nitrogens is 2. The van der Waals surface area contributed by atoms with Crippen molar-refractivity contribution in [3.63, 3.8) is 0 Å². The van der Waals surface area contributed by atoms with E-state index >= 15 is 0 Å². The number of hydrogen-bond acceptors (Lipinski definition) is 2. The van der Waals surface area contributed by atoms with Gasteiger partial charge in [0.1, 0.15) is 17.5 Å². The molecule has 0 aliphatic heterocycles. The Hall–Kier alpha value is -2.76. The first-order chi connectivity index (χ1) is 11.1. The van der Waals surface area contributed by atoms with Crippen molar-refractivity contribution < 1.29 is 13.6 Å². The van der Waals surface area contributed by atoms with Gasteiger partial charge >= 0.3 is 0 Å². The number of nitrogens with one attached hydrogen (secondary N) is 2. The SMILES string of the molecule is O=C(NCCCc1nc2ccccc2[nH]1)c1cc(F)cc(F)c1. The van der Waals surface area contributed by atoms with E-state index in [-0.39, 0.29) is 5.56 Å². The summed E-state index contributed by atoms with van der Waals surface area (Å²) in [6.07, 6.45) is 1.34. The Labute approximate surface area is 131 Å². The summed E-state index contributed by atoms with van der Waals surface area (Å²) in [5.41, 5.74) is 1.86. The number of carbonyl (C=O) groups excluding carboxylic acids is 1. The predicted octanol–water partition coefficient (Wildman–Crippen LogP) is 3.20. The monoisotopic (exact) mass is 315 g/mol. The van der Waals surface area contributed by atoms with Gasteiger partial charge in [-0.15, -0.1) is 0 Å². The standard InChI is InChI=1S/C17H15F2N3O/c18-12-8-11(9-13(19)10-12)17(23)20-7-3-6-16-21-14-4-1-2-5-15(14)22-16/h1-2,4-5,8-10H,3,6-7H2,(H,20,23)(H,21,22). The zero-order valence-corrected chi connectivity index (χ0v) is 12.3. The predicted molar refractivity (Wildman–Crippen MR) is 83.1 cm³/mol. The number of aromatic amines is 1. The minimum Gasteiger partial charge on any atom is -0.352 e. The topological polar surface area (TPSA) is 57.8 Å². The highest BCUT2D eigenvalue weighted by Gasteiger charge is 2.09. The van der Waals surface area contributed by atoms with Gasteiger partial charge in [0.15, 0.2) is 0 Å².